The van der Waals surface area contributed by atoms with Crippen LogP contribution in [0.5, 0.6) is 5.75 Å². The third-order valence-corrected chi connectivity index (χ3v) is 7.16. The molecule has 0 spiro atoms. The molecular weight excluding hydrogens is 572 g/mol. The van der Waals surface area contributed by atoms with Crippen LogP contribution >= 0.6 is 0 Å². The fraction of sp³-hybridized carbons (Fsp3) is 0.529. The van der Waals surface area contributed by atoms with Gasteiger partial charge >= 0.3 is 12.2 Å². The Morgan fingerprint density at radius 2 is 1.76 bits per heavy atom. The molecule has 2 amide bonds. The molecule has 1 aliphatic rings. The standard InChI is InChI=1S/C34H46N6O5/c1-10-43-25-15-13-24(14-16-25)39(32(42)45-34(7,8)9)30-28(22(2)3)29(26(20-35)27-17-18-36-40(27)30)37-23-12-11-19-38(21-23)31(41)44-33(4,5)6/h13-18,22-23,37H,10-12,19,21H2,1-9H3/t23-/m0/s1. The lowest BCUT2D eigenvalue weighted by Gasteiger charge is -2.36. The number of piperidine rings is 1. The number of aromatic nitrogens is 2. The maximum absolute atomic E-state index is 14.1. The lowest BCUT2D eigenvalue weighted by atomic mass is 9.95. The second-order valence-corrected chi connectivity index (χ2v) is 13.5. The Morgan fingerprint density at radius 1 is 1.09 bits per heavy atom. The molecule has 0 unspecified atom stereocenters. The summed E-state index contributed by atoms with van der Waals surface area (Å²) in [5, 5.41) is 18.7. The average molecular weight is 619 g/mol. The van der Waals surface area contributed by atoms with Gasteiger partial charge in [0.15, 0.2) is 0 Å². The number of nitrogens with zero attached hydrogens (tertiary/aromatic N) is 5. The molecule has 1 aromatic carbocycles. The van der Waals surface area contributed by atoms with E-state index in [1.54, 1.807) is 33.8 Å². The fourth-order valence-corrected chi connectivity index (χ4v) is 5.45. The van der Waals surface area contributed by atoms with Gasteiger partial charge in [0.1, 0.15) is 34.4 Å². The van der Waals surface area contributed by atoms with E-state index in [0.29, 0.717) is 53.7 Å². The summed E-state index contributed by atoms with van der Waals surface area (Å²) in [5.41, 5.74) is 1.44. The number of amides is 2. The number of pyridine rings is 1. The van der Waals surface area contributed by atoms with Crippen molar-refractivity contribution in [3.63, 3.8) is 0 Å². The fourth-order valence-electron chi connectivity index (χ4n) is 5.45. The van der Waals surface area contributed by atoms with Crippen LogP contribution in [0.1, 0.15) is 92.2 Å². The predicted molar refractivity (Wildman–Crippen MR) is 174 cm³/mol. The first-order valence-corrected chi connectivity index (χ1v) is 15.6. The molecule has 1 atom stereocenters. The van der Waals surface area contributed by atoms with Crippen molar-refractivity contribution in [3.8, 4) is 11.8 Å². The van der Waals surface area contributed by atoms with Crippen LogP contribution < -0.4 is 15.0 Å². The minimum absolute atomic E-state index is 0.151. The number of rotatable bonds is 7. The molecule has 0 bridgehead atoms. The summed E-state index contributed by atoms with van der Waals surface area (Å²) < 4.78 is 18.9. The number of benzene rings is 1. The second-order valence-electron chi connectivity index (χ2n) is 13.5. The molecular formula is C34H46N6O5. The van der Waals surface area contributed by atoms with Crippen LogP contribution in [0.25, 0.3) is 5.52 Å². The number of fused-ring (bicyclic) bond motifs is 1. The first-order valence-electron chi connectivity index (χ1n) is 15.6. The van der Waals surface area contributed by atoms with Crippen molar-refractivity contribution in [3.05, 3.63) is 47.7 Å². The molecule has 242 valence electrons. The van der Waals surface area contributed by atoms with Gasteiger partial charge in [0.2, 0.25) is 0 Å². The number of anilines is 3. The van der Waals surface area contributed by atoms with E-state index in [4.69, 9.17) is 14.2 Å². The van der Waals surface area contributed by atoms with Crippen LogP contribution in [-0.4, -0.2) is 63.6 Å². The number of carbonyl (C=O) groups excluding carboxylic acids is 2. The molecule has 3 heterocycles. The first kappa shape index (κ1) is 33.4. The van der Waals surface area contributed by atoms with Crippen LogP contribution in [0.15, 0.2) is 36.5 Å². The van der Waals surface area contributed by atoms with Crippen molar-refractivity contribution < 1.29 is 23.8 Å². The Bertz CT molecular complexity index is 1560. The minimum Gasteiger partial charge on any atom is -0.494 e. The zero-order chi connectivity index (χ0) is 33.1. The molecule has 11 nitrogen and oxygen atoms in total. The predicted octanol–water partition coefficient (Wildman–Crippen LogP) is 7.61. The van der Waals surface area contributed by atoms with Crippen molar-refractivity contribution >= 4 is 34.9 Å². The van der Waals surface area contributed by atoms with E-state index < -0.39 is 17.3 Å². The Hall–Kier alpha value is -4.46. The summed E-state index contributed by atoms with van der Waals surface area (Å²) in [7, 11) is 0. The Labute approximate surface area is 266 Å². The Morgan fingerprint density at radius 3 is 2.33 bits per heavy atom. The number of ether oxygens (including phenoxy) is 3. The van der Waals surface area contributed by atoms with Gasteiger partial charge in [0.25, 0.3) is 0 Å². The molecule has 1 N–H and O–H groups in total. The highest BCUT2D eigenvalue weighted by Gasteiger charge is 2.35. The number of hydrogen-bond donors (Lipinski definition) is 1. The third-order valence-electron chi connectivity index (χ3n) is 7.16. The molecule has 1 saturated heterocycles. The summed E-state index contributed by atoms with van der Waals surface area (Å²) in [6.07, 6.45) is 2.22. The lowest BCUT2D eigenvalue weighted by molar-refractivity contribution is 0.0206. The molecule has 1 aliphatic heterocycles. The number of nitrogens with one attached hydrogen (secondary N) is 1. The minimum atomic E-state index is -0.775. The van der Waals surface area contributed by atoms with Gasteiger partial charge in [-0.1, -0.05) is 13.8 Å². The van der Waals surface area contributed by atoms with Gasteiger partial charge < -0.3 is 24.4 Å². The van der Waals surface area contributed by atoms with Crippen molar-refractivity contribution in [1.29, 1.82) is 5.26 Å². The lowest BCUT2D eigenvalue weighted by Crippen LogP contribution is -2.47. The molecule has 45 heavy (non-hydrogen) atoms. The quantitative estimate of drug-likeness (QED) is 0.287. The maximum Gasteiger partial charge on any atom is 0.420 e. The van der Waals surface area contributed by atoms with Crippen LogP contribution in [0, 0.1) is 11.3 Å². The average Bonchev–Trinajstić information content (AvgIpc) is 3.42. The van der Waals surface area contributed by atoms with Gasteiger partial charge in [0, 0.05) is 24.7 Å². The molecule has 1 fully saturated rings. The second kappa shape index (κ2) is 13.3. The van der Waals surface area contributed by atoms with Gasteiger partial charge in [-0.25, -0.2) is 19.0 Å². The molecule has 0 radical (unpaired) electrons. The first-order chi connectivity index (χ1) is 21.1. The van der Waals surface area contributed by atoms with Gasteiger partial charge in [-0.2, -0.15) is 10.4 Å². The third kappa shape index (κ3) is 7.80. The van der Waals surface area contributed by atoms with Crippen molar-refractivity contribution in [2.75, 3.05) is 29.9 Å². The summed E-state index contributed by atoms with van der Waals surface area (Å²) >= 11 is 0. The largest absolute Gasteiger partial charge is 0.494 e. The van der Waals surface area contributed by atoms with Crippen LogP contribution in [-0.2, 0) is 9.47 Å². The Kier molecular flexibility index (Phi) is 9.86. The molecule has 4 rings (SSSR count). The number of carbonyl (C=O) groups is 2. The summed E-state index contributed by atoms with van der Waals surface area (Å²) in [6.45, 7) is 18.5. The normalized spacial score (nSPS) is 15.5. The van der Waals surface area contributed by atoms with E-state index >= 15 is 0 Å². The van der Waals surface area contributed by atoms with Crippen LogP contribution in [0.3, 0.4) is 0 Å². The zero-order valence-electron chi connectivity index (χ0n) is 27.9. The van der Waals surface area contributed by atoms with Crippen molar-refractivity contribution in [2.24, 2.45) is 0 Å². The van der Waals surface area contributed by atoms with E-state index in [2.05, 4.69) is 16.5 Å². The summed E-state index contributed by atoms with van der Waals surface area (Å²) in [6, 6.07) is 11.2. The topological polar surface area (TPSA) is 121 Å². The highest BCUT2D eigenvalue weighted by molar-refractivity contribution is 5.99. The monoisotopic (exact) mass is 618 g/mol. The number of nitriles is 1. The zero-order valence-corrected chi connectivity index (χ0v) is 27.9. The van der Waals surface area contributed by atoms with E-state index in [0.717, 1.165) is 18.4 Å². The molecule has 11 heteroatoms. The molecule has 0 aliphatic carbocycles. The number of hydrogen-bond acceptors (Lipinski definition) is 8. The van der Waals surface area contributed by atoms with E-state index in [-0.39, 0.29) is 18.1 Å². The van der Waals surface area contributed by atoms with Crippen LogP contribution in [0.4, 0.5) is 26.8 Å². The Balaban J connectivity index is 1.89. The highest BCUT2D eigenvalue weighted by Crippen LogP contribution is 2.42. The molecule has 0 saturated carbocycles. The van der Waals surface area contributed by atoms with Crippen LogP contribution in [0.2, 0.25) is 0 Å². The maximum atomic E-state index is 14.1. The van der Waals surface area contributed by atoms with Crippen molar-refractivity contribution in [2.45, 2.75) is 98.3 Å². The van der Waals surface area contributed by atoms with Gasteiger partial charge in [-0.15, -0.1) is 0 Å². The SMILES string of the molecule is CCOc1ccc(N(C(=O)OC(C)(C)C)c2c(C(C)C)c(N[C@H]3CCCN(C(=O)OC(C)(C)C)C3)c(C#N)c3ccnn23)cc1. The summed E-state index contributed by atoms with van der Waals surface area (Å²) in [5.74, 6) is 0.985. The highest BCUT2D eigenvalue weighted by atomic mass is 16.6. The number of likely N-dealkylation sites (tertiary alicyclic amines) is 1. The molecule has 3 aromatic rings. The smallest absolute Gasteiger partial charge is 0.420 e. The molecule has 2 aromatic heterocycles. The van der Waals surface area contributed by atoms with Gasteiger partial charge in [-0.05, 0) is 97.6 Å². The van der Waals surface area contributed by atoms with E-state index in [9.17, 15) is 14.9 Å². The van der Waals surface area contributed by atoms with Gasteiger partial charge in [-0.3, -0.25) is 0 Å². The van der Waals surface area contributed by atoms with Crippen molar-refractivity contribution in [1.82, 2.24) is 14.5 Å². The van der Waals surface area contributed by atoms with E-state index in [1.165, 1.54) is 4.90 Å². The van der Waals surface area contributed by atoms with E-state index in [1.807, 2.05) is 74.4 Å². The summed E-state index contributed by atoms with van der Waals surface area (Å²) in [4.78, 5) is 30.3. The van der Waals surface area contributed by atoms with Gasteiger partial charge in [0.05, 0.1) is 29.7 Å².